The van der Waals surface area contributed by atoms with Crippen LogP contribution in [0.15, 0.2) is 29.2 Å². The van der Waals surface area contributed by atoms with Gasteiger partial charge in [0.2, 0.25) is 21.8 Å². The van der Waals surface area contributed by atoms with E-state index in [2.05, 4.69) is 10.0 Å². The number of hydrogen-bond acceptors (Lipinski definition) is 5. The monoisotopic (exact) mass is 355 g/mol. The van der Waals surface area contributed by atoms with Gasteiger partial charge in [0, 0.05) is 6.42 Å². The zero-order chi connectivity index (χ0) is 18.3. The van der Waals surface area contributed by atoms with Crippen LogP contribution >= 0.6 is 0 Å². The van der Waals surface area contributed by atoms with E-state index < -0.39 is 33.9 Å². The zero-order valence-corrected chi connectivity index (χ0v) is 14.3. The molecule has 0 fully saturated rings. The van der Waals surface area contributed by atoms with E-state index in [1.807, 2.05) is 6.92 Å². The van der Waals surface area contributed by atoms with Crippen LogP contribution in [0.4, 0.5) is 0 Å². The quantitative estimate of drug-likeness (QED) is 0.518. The molecule has 2 unspecified atom stereocenters. The number of carbonyl (C=O) groups excluding carboxylic acids is 3. The van der Waals surface area contributed by atoms with Crippen molar-refractivity contribution in [2.24, 2.45) is 5.73 Å². The third-order valence-electron chi connectivity index (χ3n) is 3.25. The maximum atomic E-state index is 12.2. The highest BCUT2D eigenvalue weighted by Gasteiger charge is 2.23. The summed E-state index contributed by atoms with van der Waals surface area (Å²) >= 11 is 0. The Labute approximate surface area is 140 Å². The predicted octanol–water partition coefficient (Wildman–Crippen LogP) is -0.389. The Morgan fingerprint density at radius 3 is 2.33 bits per heavy atom. The largest absolute Gasteiger partial charge is 0.370 e. The number of hydrogen-bond donors (Lipinski definition) is 3. The Bertz CT molecular complexity index is 700. The van der Waals surface area contributed by atoms with Crippen LogP contribution in [0.3, 0.4) is 0 Å². The first kappa shape index (κ1) is 19.8. The number of primary amides is 1. The molecule has 0 spiro atoms. The lowest BCUT2D eigenvalue weighted by Gasteiger charge is -2.17. The number of nitrogens with two attached hydrogens (primary N) is 1. The molecule has 1 aromatic rings. The summed E-state index contributed by atoms with van der Waals surface area (Å²) in [5, 5.41) is 2.36. The molecular formula is C15H21N3O5S. The maximum absolute atomic E-state index is 12.2. The van der Waals surface area contributed by atoms with Crippen LogP contribution in [0.5, 0.6) is 0 Å². The topological polar surface area (TPSA) is 135 Å². The highest BCUT2D eigenvalue weighted by molar-refractivity contribution is 7.89. The molecule has 24 heavy (non-hydrogen) atoms. The van der Waals surface area contributed by atoms with Crippen molar-refractivity contribution in [2.45, 2.75) is 43.7 Å². The fourth-order valence-corrected chi connectivity index (χ4v) is 3.05. The molecule has 0 aliphatic heterocycles. The summed E-state index contributed by atoms with van der Waals surface area (Å²) in [6.45, 7) is 3.18. The molecule has 0 aromatic heterocycles. The molecule has 2 amide bonds. The number of nitrogens with one attached hydrogen (secondary N) is 2. The van der Waals surface area contributed by atoms with E-state index in [4.69, 9.17) is 5.73 Å². The number of aryl methyl sites for hydroxylation is 1. The smallest absolute Gasteiger partial charge is 0.241 e. The van der Waals surface area contributed by atoms with E-state index in [-0.39, 0.29) is 17.7 Å². The molecular weight excluding hydrogens is 334 g/mol. The normalized spacial score (nSPS) is 13.8. The van der Waals surface area contributed by atoms with Crippen molar-refractivity contribution in [3.63, 3.8) is 0 Å². The first-order valence-electron chi connectivity index (χ1n) is 7.28. The zero-order valence-electron chi connectivity index (χ0n) is 13.5. The summed E-state index contributed by atoms with van der Waals surface area (Å²) in [6, 6.07) is 4.16. The van der Waals surface area contributed by atoms with Crippen LogP contribution in [0, 0.1) is 6.92 Å². The van der Waals surface area contributed by atoms with Crippen LogP contribution in [0.2, 0.25) is 0 Å². The number of rotatable bonds is 9. The van der Waals surface area contributed by atoms with Gasteiger partial charge in [0.25, 0.3) is 0 Å². The number of benzene rings is 1. The highest BCUT2D eigenvalue weighted by atomic mass is 32.2. The molecule has 0 heterocycles. The average molecular weight is 355 g/mol. The number of amides is 2. The van der Waals surface area contributed by atoms with Crippen LogP contribution in [-0.4, -0.2) is 38.6 Å². The predicted molar refractivity (Wildman–Crippen MR) is 87.4 cm³/mol. The van der Waals surface area contributed by atoms with E-state index in [1.165, 1.54) is 19.1 Å². The fraction of sp³-hybridized carbons (Fsp3) is 0.400. The number of carbonyl (C=O) groups is 3. The lowest BCUT2D eigenvalue weighted by Crippen LogP contribution is -2.48. The van der Waals surface area contributed by atoms with Crippen LogP contribution in [-0.2, 0) is 24.4 Å². The van der Waals surface area contributed by atoms with Crippen molar-refractivity contribution in [3.8, 4) is 0 Å². The SMILES string of the molecule is Cc1ccc(S(=O)(=O)NC(C)C(=O)NC(C=O)CCC(N)=O)cc1. The van der Waals surface area contributed by atoms with E-state index in [0.717, 1.165) is 5.56 Å². The third kappa shape index (κ3) is 6.09. The summed E-state index contributed by atoms with van der Waals surface area (Å²) in [5.41, 5.74) is 5.89. The minimum atomic E-state index is -3.86. The minimum absolute atomic E-state index is 0.0356. The van der Waals surface area contributed by atoms with Gasteiger partial charge in [0.05, 0.1) is 17.0 Å². The minimum Gasteiger partial charge on any atom is -0.370 e. The number of aldehydes is 1. The molecule has 8 nitrogen and oxygen atoms in total. The van der Waals surface area contributed by atoms with Crippen molar-refractivity contribution in [1.29, 1.82) is 0 Å². The molecule has 0 aliphatic carbocycles. The maximum Gasteiger partial charge on any atom is 0.241 e. The summed E-state index contributed by atoms with van der Waals surface area (Å²) in [7, 11) is -3.86. The summed E-state index contributed by atoms with van der Waals surface area (Å²) in [5.74, 6) is -1.27. The van der Waals surface area contributed by atoms with Gasteiger partial charge in [0.15, 0.2) is 0 Å². The van der Waals surface area contributed by atoms with Crippen molar-refractivity contribution in [1.82, 2.24) is 10.0 Å². The molecule has 0 aliphatic rings. The van der Waals surface area contributed by atoms with E-state index in [0.29, 0.717) is 6.29 Å². The van der Waals surface area contributed by atoms with Gasteiger partial charge in [-0.3, -0.25) is 9.59 Å². The Morgan fingerprint density at radius 2 is 1.83 bits per heavy atom. The lowest BCUT2D eigenvalue weighted by atomic mass is 10.1. The number of sulfonamides is 1. The average Bonchev–Trinajstić information content (AvgIpc) is 2.50. The molecule has 0 saturated carbocycles. The Morgan fingerprint density at radius 1 is 1.25 bits per heavy atom. The third-order valence-corrected chi connectivity index (χ3v) is 4.81. The van der Waals surface area contributed by atoms with Crippen LogP contribution in [0.25, 0.3) is 0 Å². The molecule has 1 aromatic carbocycles. The molecule has 2 atom stereocenters. The second-order valence-corrected chi connectivity index (χ2v) is 7.13. The molecule has 1 rings (SSSR count). The summed E-state index contributed by atoms with van der Waals surface area (Å²) in [4.78, 5) is 33.7. The van der Waals surface area contributed by atoms with Crippen molar-refractivity contribution < 1.29 is 22.8 Å². The van der Waals surface area contributed by atoms with Gasteiger partial charge in [-0.2, -0.15) is 4.72 Å². The first-order valence-corrected chi connectivity index (χ1v) is 8.77. The lowest BCUT2D eigenvalue weighted by molar-refractivity contribution is -0.125. The summed E-state index contributed by atoms with van der Waals surface area (Å²) in [6.07, 6.45) is 0.469. The Kier molecular flexibility index (Phi) is 7.05. The van der Waals surface area contributed by atoms with Crippen molar-refractivity contribution in [3.05, 3.63) is 29.8 Å². The standard InChI is InChI=1S/C15H21N3O5S/c1-10-3-6-13(7-4-10)24(22,23)18-11(2)15(21)17-12(9-19)5-8-14(16)20/h3-4,6-7,9,11-12,18H,5,8H2,1-2H3,(H2,16,20)(H,17,21). The molecule has 0 bridgehead atoms. The van der Waals surface area contributed by atoms with E-state index in [9.17, 15) is 22.8 Å². The van der Waals surface area contributed by atoms with Gasteiger partial charge in [-0.1, -0.05) is 17.7 Å². The molecule has 0 saturated heterocycles. The van der Waals surface area contributed by atoms with Gasteiger partial charge in [-0.05, 0) is 32.4 Å². The molecule has 4 N–H and O–H groups in total. The van der Waals surface area contributed by atoms with Crippen LogP contribution in [0.1, 0.15) is 25.3 Å². The fourth-order valence-electron chi connectivity index (χ4n) is 1.85. The van der Waals surface area contributed by atoms with Crippen molar-refractivity contribution in [2.75, 3.05) is 0 Å². The van der Waals surface area contributed by atoms with Gasteiger partial charge in [0.1, 0.15) is 6.29 Å². The molecule has 9 heteroatoms. The van der Waals surface area contributed by atoms with Gasteiger partial charge >= 0.3 is 0 Å². The molecule has 132 valence electrons. The van der Waals surface area contributed by atoms with Gasteiger partial charge < -0.3 is 15.8 Å². The van der Waals surface area contributed by atoms with Gasteiger partial charge in [-0.25, -0.2) is 8.42 Å². The second kappa shape index (κ2) is 8.55. The molecule has 0 radical (unpaired) electrons. The Balaban J connectivity index is 2.69. The van der Waals surface area contributed by atoms with Crippen molar-refractivity contribution >= 4 is 28.1 Å². The van der Waals surface area contributed by atoms with Crippen LogP contribution < -0.4 is 15.8 Å². The summed E-state index contributed by atoms with van der Waals surface area (Å²) < 4.78 is 26.7. The van der Waals surface area contributed by atoms with E-state index >= 15 is 0 Å². The highest BCUT2D eigenvalue weighted by Crippen LogP contribution is 2.10. The van der Waals surface area contributed by atoms with Gasteiger partial charge in [-0.15, -0.1) is 0 Å². The Hall–Kier alpha value is -2.26. The van der Waals surface area contributed by atoms with E-state index in [1.54, 1.807) is 12.1 Å². The first-order chi connectivity index (χ1) is 11.2. The second-order valence-electron chi connectivity index (χ2n) is 5.41.